The molecule has 1 aromatic carbocycles. The molecule has 1 rings (SSSR count). The maximum atomic E-state index is 10.9. The Morgan fingerprint density at radius 2 is 2.00 bits per heavy atom. The average molecular weight is 241 g/mol. The van der Waals surface area contributed by atoms with Gasteiger partial charge in [0.05, 0.1) is 17.9 Å². The summed E-state index contributed by atoms with van der Waals surface area (Å²) < 4.78 is 0. The second-order valence-corrected chi connectivity index (χ2v) is 3.82. The van der Waals surface area contributed by atoms with Gasteiger partial charge in [-0.25, -0.2) is 4.79 Å². The van der Waals surface area contributed by atoms with Gasteiger partial charge in [-0.2, -0.15) is 0 Å². The number of hydrogen-bond donors (Lipinski definition) is 5. The third kappa shape index (κ3) is 2.73. The van der Waals surface area contributed by atoms with Crippen molar-refractivity contribution in [2.75, 3.05) is 12.3 Å². The largest absolute Gasteiger partial charge is 0.478 e. The molecule has 6 heteroatoms. The van der Waals surface area contributed by atoms with E-state index in [2.05, 4.69) is 0 Å². The topological polar surface area (TPSA) is 124 Å². The lowest BCUT2D eigenvalue weighted by atomic mass is 9.97. The Kier molecular flexibility index (Phi) is 4.06. The Morgan fingerprint density at radius 1 is 1.41 bits per heavy atom. The Bertz CT molecular complexity index is 432. The zero-order valence-electron chi connectivity index (χ0n) is 9.29. The summed E-state index contributed by atoms with van der Waals surface area (Å²) in [5.41, 5.74) is 6.06. The Balaban J connectivity index is 3.29. The van der Waals surface area contributed by atoms with Gasteiger partial charge in [0, 0.05) is 5.56 Å². The van der Waals surface area contributed by atoms with E-state index in [-0.39, 0.29) is 16.8 Å². The fourth-order valence-electron chi connectivity index (χ4n) is 1.55. The van der Waals surface area contributed by atoms with E-state index in [1.54, 1.807) is 6.92 Å². The van der Waals surface area contributed by atoms with Crippen molar-refractivity contribution < 1.29 is 25.2 Å². The third-order valence-electron chi connectivity index (χ3n) is 2.46. The molecule has 0 aliphatic rings. The molecule has 0 spiro atoms. The van der Waals surface area contributed by atoms with Gasteiger partial charge in [-0.1, -0.05) is 6.07 Å². The van der Waals surface area contributed by atoms with Gasteiger partial charge in [-0.15, -0.1) is 0 Å². The highest BCUT2D eigenvalue weighted by molar-refractivity contribution is 5.94. The van der Waals surface area contributed by atoms with Crippen LogP contribution in [0.25, 0.3) is 0 Å². The molecule has 0 heterocycles. The normalized spacial score (nSPS) is 14.4. The van der Waals surface area contributed by atoms with Crippen molar-refractivity contribution in [1.29, 1.82) is 0 Å². The highest BCUT2D eigenvalue weighted by Crippen LogP contribution is 2.28. The van der Waals surface area contributed by atoms with E-state index < -0.39 is 24.8 Å². The first-order valence-corrected chi connectivity index (χ1v) is 4.98. The lowest BCUT2D eigenvalue weighted by Gasteiger charge is -2.19. The number of benzene rings is 1. The fraction of sp³-hybridized carbons (Fsp3) is 0.364. The fourth-order valence-corrected chi connectivity index (χ4v) is 1.55. The number of rotatable bonds is 4. The van der Waals surface area contributed by atoms with Gasteiger partial charge in [-0.3, -0.25) is 0 Å². The van der Waals surface area contributed by atoms with Crippen molar-refractivity contribution in [3.63, 3.8) is 0 Å². The summed E-state index contributed by atoms with van der Waals surface area (Å²) in [5, 5.41) is 36.7. The Morgan fingerprint density at radius 3 is 2.47 bits per heavy atom. The summed E-state index contributed by atoms with van der Waals surface area (Å²) in [7, 11) is 0. The number of nitrogens with two attached hydrogens (primary N) is 1. The molecule has 0 aliphatic carbocycles. The standard InChI is InChI=1S/C11H15NO5/c1-5-2-6(10(15)8(14)4-13)9(12)7(3-5)11(16)17/h2-3,8,10,13-15H,4,12H2,1H3,(H,16,17). The van der Waals surface area contributed by atoms with E-state index in [0.29, 0.717) is 5.56 Å². The van der Waals surface area contributed by atoms with Crippen LogP contribution in [-0.2, 0) is 0 Å². The molecule has 0 aliphatic heterocycles. The van der Waals surface area contributed by atoms with Crippen LogP contribution in [0.1, 0.15) is 27.6 Å². The van der Waals surface area contributed by atoms with E-state index in [1.165, 1.54) is 12.1 Å². The zero-order chi connectivity index (χ0) is 13.2. The predicted octanol–water partition coefficient (Wildman–Crippen LogP) is -0.338. The number of carbonyl (C=O) groups is 1. The second kappa shape index (κ2) is 5.13. The minimum absolute atomic E-state index is 0.101. The van der Waals surface area contributed by atoms with E-state index in [1.807, 2.05) is 0 Å². The van der Waals surface area contributed by atoms with Gasteiger partial charge >= 0.3 is 5.97 Å². The van der Waals surface area contributed by atoms with Gasteiger partial charge in [0.2, 0.25) is 0 Å². The lowest BCUT2D eigenvalue weighted by Crippen LogP contribution is -2.23. The number of nitrogen functional groups attached to an aromatic ring is 1. The smallest absolute Gasteiger partial charge is 0.337 e. The molecule has 17 heavy (non-hydrogen) atoms. The van der Waals surface area contributed by atoms with E-state index in [0.717, 1.165) is 0 Å². The van der Waals surface area contributed by atoms with Crippen molar-refractivity contribution in [3.05, 3.63) is 28.8 Å². The van der Waals surface area contributed by atoms with Gasteiger partial charge in [0.1, 0.15) is 12.2 Å². The van der Waals surface area contributed by atoms with Crippen molar-refractivity contribution in [1.82, 2.24) is 0 Å². The summed E-state index contributed by atoms with van der Waals surface area (Å²) in [6.45, 7) is 1.00. The molecule has 0 aromatic heterocycles. The van der Waals surface area contributed by atoms with Crippen LogP contribution in [0.4, 0.5) is 5.69 Å². The number of aromatic carboxylic acids is 1. The molecule has 0 fully saturated rings. The van der Waals surface area contributed by atoms with Crippen molar-refractivity contribution in [2.45, 2.75) is 19.1 Å². The minimum atomic E-state index is -1.42. The number of aliphatic hydroxyl groups excluding tert-OH is 3. The maximum absolute atomic E-state index is 10.9. The number of anilines is 1. The molecule has 2 unspecified atom stereocenters. The predicted molar refractivity (Wildman–Crippen MR) is 60.6 cm³/mol. The van der Waals surface area contributed by atoms with Crippen molar-refractivity contribution in [2.24, 2.45) is 0 Å². The lowest BCUT2D eigenvalue weighted by molar-refractivity contribution is -0.0149. The molecule has 0 saturated heterocycles. The monoisotopic (exact) mass is 241 g/mol. The van der Waals surface area contributed by atoms with Crippen molar-refractivity contribution in [3.8, 4) is 0 Å². The second-order valence-electron chi connectivity index (χ2n) is 3.82. The molecule has 1 aromatic rings. The van der Waals surface area contributed by atoms with Gasteiger partial charge in [0.25, 0.3) is 0 Å². The van der Waals surface area contributed by atoms with Crippen LogP contribution in [-0.4, -0.2) is 39.1 Å². The molecule has 6 nitrogen and oxygen atoms in total. The van der Waals surface area contributed by atoms with Crippen LogP contribution in [0, 0.1) is 6.92 Å². The van der Waals surface area contributed by atoms with E-state index in [4.69, 9.17) is 15.9 Å². The van der Waals surface area contributed by atoms with Crippen LogP contribution in [0.15, 0.2) is 12.1 Å². The third-order valence-corrected chi connectivity index (χ3v) is 2.46. The van der Waals surface area contributed by atoms with Gasteiger partial charge in [0.15, 0.2) is 0 Å². The van der Waals surface area contributed by atoms with Gasteiger partial charge < -0.3 is 26.2 Å². The Hall–Kier alpha value is -1.63. The van der Waals surface area contributed by atoms with Crippen LogP contribution in [0.2, 0.25) is 0 Å². The summed E-state index contributed by atoms with van der Waals surface area (Å²) >= 11 is 0. The molecule has 6 N–H and O–H groups in total. The van der Waals surface area contributed by atoms with E-state index >= 15 is 0 Å². The summed E-state index contributed by atoms with van der Waals surface area (Å²) in [4.78, 5) is 10.9. The van der Waals surface area contributed by atoms with Crippen LogP contribution in [0.5, 0.6) is 0 Å². The minimum Gasteiger partial charge on any atom is -0.478 e. The van der Waals surface area contributed by atoms with Gasteiger partial charge in [-0.05, 0) is 18.6 Å². The molecular weight excluding hydrogens is 226 g/mol. The highest BCUT2D eigenvalue weighted by atomic mass is 16.4. The first-order valence-electron chi connectivity index (χ1n) is 4.98. The molecular formula is C11H15NO5. The summed E-state index contributed by atoms with van der Waals surface area (Å²) in [6, 6.07) is 2.85. The Labute approximate surface area is 97.9 Å². The van der Waals surface area contributed by atoms with Crippen LogP contribution < -0.4 is 5.73 Å². The number of carboxylic acid groups (broad SMARTS) is 1. The first kappa shape index (κ1) is 13.4. The van der Waals surface area contributed by atoms with Crippen LogP contribution >= 0.6 is 0 Å². The number of hydrogen-bond acceptors (Lipinski definition) is 5. The number of aliphatic hydroxyl groups is 3. The summed E-state index contributed by atoms with van der Waals surface area (Å²) in [6.07, 6.45) is -2.82. The molecule has 0 radical (unpaired) electrons. The van der Waals surface area contributed by atoms with Crippen molar-refractivity contribution >= 4 is 11.7 Å². The number of aryl methyl sites for hydroxylation is 1. The molecule has 0 saturated carbocycles. The van der Waals surface area contributed by atoms with E-state index in [9.17, 15) is 15.0 Å². The molecule has 0 bridgehead atoms. The quantitative estimate of drug-likeness (QED) is 0.459. The van der Waals surface area contributed by atoms with Crippen LogP contribution in [0.3, 0.4) is 0 Å². The molecule has 0 amide bonds. The average Bonchev–Trinajstić information content (AvgIpc) is 2.29. The SMILES string of the molecule is Cc1cc(C(=O)O)c(N)c(C(O)C(O)CO)c1. The first-order chi connectivity index (χ1) is 7.88. The maximum Gasteiger partial charge on any atom is 0.337 e. The highest BCUT2D eigenvalue weighted by Gasteiger charge is 2.23. The molecule has 2 atom stereocenters. The zero-order valence-corrected chi connectivity index (χ0v) is 9.29. The number of carboxylic acids is 1. The molecule has 94 valence electrons. The summed E-state index contributed by atoms with van der Waals surface area (Å²) in [5.74, 6) is -1.21.